The van der Waals surface area contributed by atoms with E-state index in [9.17, 15) is 28.8 Å². The van der Waals surface area contributed by atoms with Gasteiger partial charge in [-0.2, -0.15) is 0 Å². The van der Waals surface area contributed by atoms with Crippen molar-refractivity contribution in [3.63, 3.8) is 0 Å². The molecular weight excluding hydrogens is 600 g/mol. The average molecular weight is 630 g/mol. The topological polar surface area (TPSA) is 184 Å². The van der Waals surface area contributed by atoms with Crippen molar-refractivity contribution in [1.82, 2.24) is 14.9 Å². The largest absolute Gasteiger partial charge is 0.475 e. The number of aliphatic hydroxyl groups is 1. The van der Waals surface area contributed by atoms with Crippen molar-refractivity contribution >= 4 is 35.6 Å². The van der Waals surface area contributed by atoms with E-state index in [0.717, 1.165) is 16.8 Å². The second-order valence-corrected chi connectivity index (χ2v) is 12.6. The molecule has 0 bridgehead atoms. The summed E-state index contributed by atoms with van der Waals surface area (Å²) in [5, 5.41) is 13.0. The zero-order chi connectivity index (χ0) is 28.5. The smallest absolute Gasteiger partial charge is 0.463 e. The Kier molecular flexibility index (Phi) is 9.39. The number of hydrogen-bond acceptors (Lipinski definition) is 11. The number of alkyl halides is 2. The minimum Gasteiger partial charge on any atom is -0.463 e. The molecule has 3 rings (SSSR count). The molecule has 17 heteroatoms. The molecule has 2 fully saturated rings. The predicted molar refractivity (Wildman–Crippen MR) is 131 cm³/mol. The zero-order valence-electron chi connectivity index (χ0n) is 21.0. The Balaban J connectivity index is 1.64. The number of phosphoric ester groups is 1. The maximum Gasteiger partial charge on any atom is 0.475 e. The van der Waals surface area contributed by atoms with Crippen LogP contribution in [-0.2, 0) is 37.2 Å². The molecule has 0 aliphatic carbocycles. The van der Waals surface area contributed by atoms with E-state index in [4.69, 9.17) is 23.0 Å². The van der Waals surface area contributed by atoms with Gasteiger partial charge in [0.1, 0.15) is 12.2 Å². The third kappa shape index (κ3) is 6.97. The normalized spacial score (nSPS) is 32.7. The summed E-state index contributed by atoms with van der Waals surface area (Å²) in [7, 11) is -4.40. The summed E-state index contributed by atoms with van der Waals surface area (Å²) in [5.74, 6) is -1.17. The van der Waals surface area contributed by atoms with Gasteiger partial charge in [-0.3, -0.25) is 37.5 Å². The summed E-state index contributed by atoms with van der Waals surface area (Å²) >= 11 is 2.71. The summed E-state index contributed by atoms with van der Waals surface area (Å²) < 4.78 is 52.8. The minimum absolute atomic E-state index is 0.0518. The molecule has 0 spiro atoms. The van der Waals surface area contributed by atoms with Crippen LogP contribution in [-0.4, -0.2) is 75.3 Å². The van der Waals surface area contributed by atoms with Gasteiger partial charge in [-0.15, -0.1) is 0 Å². The highest BCUT2D eigenvalue weighted by molar-refractivity contribution is 9.10. The minimum atomic E-state index is -4.40. The molecule has 38 heavy (non-hydrogen) atoms. The molecule has 0 aromatic carbocycles. The summed E-state index contributed by atoms with van der Waals surface area (Å²) in [6.07, 6.45) is -5.80. The number of aromatic amines is 1. The lowest BCUT2D eigenvalue weighted by atomic mass is 9.87. The first-order valence-corrected chi connectivity index (χ1v) is 13.9. The molecule has 0 radical (unpaired) electrons. The fraction of sp³-hybridized carbons (Fsp3) is 0.714. The van der Waals surface area contributed by atoms with E-state index in [1.807, 2.05) is 4.98 Å². The van der Waals surface area contributed by atoms with E-state index in [1.165, 1.54) is 0 Å². The number of aliphatic hydroxyl groups excluding tert-OH is 1. The molecule has 1 aromatic rings. The Hall–Kier alpha value is -1.94. The van der Waals surface area contributed by atoms with Crippen molar-refractivity contribution in [2.75, 3.05) is 19.8 Å². The summed E-state index contributed by atoms with van der Waals surface area (Å²) in [4.78, 5) is 49.8. The van der Waals surface area contributed by atoms with Gasteiger partial charge in [0.15, 0.2) is 12.3 Å². The molecule has 0 saturated carbocycles. The summed E-state index contributed by atoms with van der Waals surface area (Å²) in [6.45, 7) is 5.67. The number of carbonyl (C=O) groups is 2. The van der Waals surface area contributed by atoms with Gasteiger partial charge in [-0.1, -0.05) is 13.8 Å². The van der Waals surface area contributed by atoms with Crippen LogP contribution in [0.1, 0.15) is 40.3 Å². The van der Waals surface area contributed by atoms with Crippen molar-refractivity contribution in [1.29, 1.82) is 0 Å². The van der Waals surface area contributed by atoms with Crippen LogP contribution in [0.2, 0.25) is 0 Å². The van der Waals surface area contributed by atoms with Crippen LogP contribution in [0.15, 0.2) is 21.9 Å². The number of ether oxygens (including phenoxy) is 2. The van der Waals surface area contributed by atoms with E-state index in [-0.39, 0.29) is 25.7 Å². The number of phosphoric acid groups is 1. The number of hydrogen-bond donors (Lipinski definition) is 3. The molecule has 3 heterocycles. The molecule has 1 amide bonds. The van der Waals surface area contributed by atoms with Crippen LogP contribution in [0.3, 0.4) is 0 Å². The van der Waals surface area contributed by atoms with Crippen molar-refractivity contribution in [3.05, 3.63) is 33.1 Å². The maximum atomic E-state index is 15.3. The van der Waals surface area contributed by atoms with E-state index in [2.05, 4.69) is 21.2 Å². The molecule has 214 valence electrons. The monoisotopic (exact) mass is 629 g/mol. The number of H-pyrrole nitrogens is 1. The van der Waals surface area contributed by atoms with Gasteiger partial charge in [0.05, 0.1) is 25.7 Å². The Bertz CT molecular complexity index is 1200. The number of nitrogens with one attached hydrogen (secondary N) is 2. The zero-order valence-corrected chi connectivity index (χ0v) is 23.5. The van der Waals surface area contributed by atoms with Crippen molar-refractivity contribution in [2.45, 2.75) is 69.3 Å². The number of nitrogens with zero attached hydrogens (tertiary/aromatic N) is 1. The molecule has 3 N–H and O–H groups in total. The van der Waals surface area contributed by atoms with E-state index in [0.29, 0.717) is 0 Å². The quantitative estimate of drug-likeness (QED) is 0.200. The standard InChI is InChI=1S/C21H30BrFN3O11P/c1-11(2)35-14(28)5-7-24-17(30)16-20(3,4)10-34-38(32,37-16)33-9-12-15(29)21(22,23)18(36-12)26-8-6-13(27)25-19(26)31/h6,8,11-12,15-16,18,29H,5,7,9-10H2,1-4H3,(H,24,30)(H,25,27,31)/t12-,15?,16+,18-,21?,38?/m1/s1. The van der Waals surface area contributed by atoms with Crippen LogP contribution in [0, 0.1) is 5.41 Å². The molecule has 2 aliphatic rings. The van der Waals surface area contributed by atoms with Crippen LogP contribution in [0.5, 0.6) is 0 Å². The fourth-order valence-electron chi connectivity index (χ4n) is 3.68. The molecular formula is C21H30BrFN3O11P. The van der Waals surface area contributed by atoms with Crippen molar-refractivity contribution in [3.8, 4) is 0 Å². The number of rotatable bonds is 9. The Morgan fingerprint density at radius 2 is 2.08 bits per heavy atom. The van der Waals surface area contributed by atoms with Crippen LogP contribution in [0.25, 0.3) is 0 Å². The third-order valence-electron chi connectivity index (χ3n) is 5.65. The maximum absolute atomic E-state index is 15.3. The summed E-state index contributed by atoms with van der Waals surface area (Å²) in [6, 6.07) is 0.964. The highest BCUT2D eigenvalue weighted by atomic mass is 79.9. The Morgan fingerprint density at radius 3 is 2.71 bits per heavy atom. The second kappa shape index (κ2) is 11.7. The number of halogens is 2. The van der Waals surface area contributed by atoms with Gasteiger partial charge in [0.25, 0.3) is 5.56 Å². The van der Waals surface area contributed by atoms with E-state index < -0.39 is 72.1 Å². The molecule has 6 atom stereocenters. The first-order valence-electron chi connectivity index (χ1n) is 11.6. The lowest BCUT2D eigenvalue weighted by molar-refractivity contribution is -0.147. The Morgan fingerprint density at radius 1 is 1.39 bits per heavy atom. The highest BCUT2D eigenvalue weighted by Gasteiger charge is 2.58. The number of esters is 1. The van der Waals surface area contributed by atoms with Crippen LogP contribution in [0.4, 0.5) is 4.39 Å². The van der Waals surface area contributed by atoms with Crippen molar-refractivity contribution in [2.24, 2.45) is 5.41 Å². The predicted octanol–water partition coefficient (Wildman–Crippen LogP) is 0.880. The number of aromatic nitrogens is 2. The number of carbonyl (C=O) groups excluding carboxylic acids is 2. The van der Waals surface area contributed by atoms with Crippen LogP contribution < -0.4 is 16.6 Å². The first-order chi connectivity index (χ1) is 17.6. The second-order valence-electron chi connectivity index (χ2n) is 9.73. The molecule has 2 saturated heterocycles. The van der Waals surface area contributed by atoms with Crippen LogP contribution >= 0.6 is 23.8 Å². The van der Waals surface area contributed by atoms with Gasteiger partial charge in [0, 0.05) is 24.2 Å². The Labute approximate surface area is 224 Å². The van der Waals surface area contributed by atoms with E-state index >= 15 is 4.39 Å². The molecule has 1 aromatic heterocycles. The lowest BCUT2D eigenvalue weighted by Crippen LogP contribution is -2.50. The fourth-order valence-corrected chi connectivity index (χ4v) is 5.96. The van der Waals surface area contributed by atoms with Gasteiger partial charge in [0.2, 0.25) is 10.5 Å². The molecule has 14 nitrogen and oxygen atoms in total. The summed E-state index contributed by atoms with van der Waals surface area (Å²) in [5.41, 5.74) is -2.65. The van der Waals surface area contributed by atoms with Gasteiger partial charge < -0.3 is 19.9 Å². The lowest BCUT2D eigenvalue weighted by Gasteiger charge is -2.39. The molecule has 3 unspecified atom stereocenters. The van der Waals surface area contributed by atoms with Gasteiger partial charge in [-0.25, -0.2) is 13.8 Å². The van der Waals surface area contributed by atoms with E-state index in [1.54, 1.807) is 27.7 Å². The van der Waals surface area contributed by atoms with Crippen molar-refractivity contribution < 1.29 is 46.7 Å². The molecule has 2 aliphatic heterocycles. The average Bonchev–Trinajstić information content (AvgIpc) is 3.02. The SMILES string of the molecule is CC(C)OC(=O)CCNC(=O)[C@@H]1OP(=O)(OC[C@H]2O[C@@H](n3ccc(=O)[nH]c3=O)C(F)(Br)C2O)OCC1(C)C. The van der Waals surface area contributed by atoms with Gasteiger partial charge >= 0.3 is 19.5 Å². The third-order valence-corrected chi connectivity index (χ3v) is 7.89. The first kappa shape index (κ1) is 30.6. The highest BCUT2D eigenvalue weighted by Crippen LogP contribution is 2.58. The van der Waals surface area contributed by atoms with Gasteiger partial charge in [-0.05, 0) is 29.8 Å². The number of amides is 1.